The lowest BCUT2D eigenvalue weighted by molar-refractivity contribution is 0.112. The van der Waals surface area contributed by atoms with Gasteiger partial charge in [0.2, 0.25) is 0 Å². The van der Waals surface area contributed by atoms with Crippen molar-refractivity contribution in [3.05, 3.63) is 35.4 Å². The van der Waals surface area contributed by atoms with E-state index >= 15 is 0 Å². The second-order valence-electron chi connectivity index (χ2n) is 2.08. The van der Waals surface area contributed by atoms with Gasteiger partial charge < -0.3 is 0 Å². The zero-order valence-electron chi connectivity index (χ0n) is 8.29. The van der Waals surface area contributed by atoms with Crippen LogP contribution in [-0.2, 0) is 0 Å². The third-order valence-corrected chi connectivity index (χ3v) is 1.35. The first-order chi connectivity index (χ1) is 6.38. The van der Waals surface area contributed by atoms with Crippen LogP contribution < -0.4 is 0 Å². The van der Waals surface area contributed by atoms with Crippen LogP contribution >= 0.6 is 0 Å². The van der Waals surface area contributed by atoms with E-state index in [4.69, 9.17) is 0 Å². The first-order valence-corrected chi connectivity index (χ1v) is 4.35. The van der Waals surface area contributed by atoms with Crippen LogP contribution in [0.15, 0.2) is 24.3 Å². The van der Waals surface area contributed by atoms with Crippen LogP contribution in [-0.4, -0.2) is 6.29 Å². The van der Waals surface area contributed by atoms with E-state index < -0.39 is 0 Å². The Labute approximate surface area is 79.8 Å². The predicted octanol–water partition coefficient (Wildman–Crippen LogP) is 2.90. The molecule has 0 aliphatic heterocycles. The van der Waals surface area contributed by atoms with E-state index in [1.807, 2.05) is 32.0 Å². The van der Waals surface area contributed by atoms with Gasteiger partial charge in [-0.25, -0.2) is 0 Å². The number of hydrogen-bond donors (Lipinski definition) is 0. The van der Waals surface area contributed by atoms with Crippen molar-refractivity contribution in [2.75, 3.05) is 0 Å². The summed E-state index contributed by atoms with van der Waals surface area (Å²) in [5.74, 6) is 5.60. The van der Waals surface area contributed by atoms with Crippen molar-refractivity contribution in [1.29, 1.82) is 0 Å². The van der Waals surface area contributed by atoms with Gasteiger partial charge in [0.05, 0.1) is 0 Å². The van der Waals surface area contributed by atoms with Gasteiger partial charge in [-0.3, -0.25) is 4.79 Å². The van der Waals surface area contributed by atoms with E-state index in [1.165, 1.54) is 0 Å². The van der Waals surface area contributed by atoms with Gasteiger partial charge in [-0.1, -0.05) is 38.0 Å². The fraction of sp³-hybridized carbons (Fsp3) is 0.250. The van der Waals surface area contributed by atoms with Crippen LogP contribution in [0.2, 0.25) is 0 Å². The molecule has 0 aliphatic rings. The molecule has 0 bridgehead atoms. The van der Waals surface area contributed by atoms with Crippen LogP contribution in [0.3, 0.4) is 0 Å². The lowest BCUT2D eigenvalue weighted by atomic mass is 10.1. The topological polar surface area (TPSA) is 17.1 Å². The minimum atomic E-state index is 0.654. The number of hydrogen-bond acceptors (Lipinski definition) is 1. The summed E-state index contributed by atoms with van der Waals surface area (Å²) >= 11 is 0. The minimum absolute atomic E-state index is 0.654. The number of benzene rings is 1. The summed E-state index contributed by atoms with van der Waals surface area (Å²) < 4.78 is 0. The Kier molecular flexibility index (Phi) is 6.27. The SMILES string of the molecule is CC.CC#Cc1ccccc1C=O. The molecule has 0 heterocycles. The van der Waals surface area contributed by atoms with Crippen LogP contribution in [0.1, 0.15) is 36.7 Å². The predicted molar refractivity (Wildman–Crippen MR) is 55.7 cm³/mol. The van der Waals surface area contributed by atoms with Gasteiger partial charge in [0, 0.05) is 11.1 Å². The molecule has 0 atom stereocenters. The molecule has 0 saturated heterocycles. The highest BCUT2D eigenvalue weighted by atomic mass is 16.1. The third-order valence-electron chi connectivity index (χ3n) is 1.35. The Morgan fingerprint density at radius 2 is 1.85 bits per heavy atom. The van der Waals surface area contributed by atoms with Gasteiger partial charge in [-0.05, 0) is 13.0 Å². The van der Waals surface area contributed by atoms with E-state index in [2.05, 4.69) is 11.8 Å². The molecule has 0 aromatic heterocycles. The quantitative estimate of drug-likeness (QED) is 0.472. The van der Waals surface area contributed by atoms with E-state index in [-0.39, 0.29) is 0 Å². The van der Waals surface area contributed by atoms with Gasteiger partial charge in [-0.2, -0.15) is 0 Å². The number of rotatable bonds is 1. The molecule has 0 saturated carbocycles. The monoisotopic (exact) mass is 174 g/mol. The highest BCUT2D eigenvalue weighted by molar-refractivity contribution is 5.79. The Balaban J connectivity index is 0.000000671. The molecule has 1 heteroatoms. The maximum atomic E-state index is 10.4. The normalized spacial score (nSPS) is 7.31. The molecule has 0 N–H and O–H groups in total. The molecule has 0 fully saturated rings. The summed E-state index contributed by atoms with van der Waals surface area (Å²) in [6.07, 6.45) is 0.819. The lowest BCUT2D eigenvalue weighted by Gasteiger charge is -1.92. The molecule has 1 nitrogen and oxygen atoms in total. The first kappa shape index (κ1) is 11.4. The molecular weight excluding hydrogens is 160 g/mol. The largest absolute Gasteiger partial charge is 0.298 e. The summed E-state index contributed by atoms with van der Waals surface area (Å²) in [7, 11) is 0. The summed E-state index contributed by atoms with van der Waals surface area (Å²) in [6, 6.07) is 7.28. The summed E-state index contributed by atoms with van der Waals surface area (Å²) in [5, 5.41) is 0. The van der Waals surface area contributed by atoms with Crippen LogP contribution in [0.25, 0.3) is 0 Å². The molecule has 0 radical (unpaired) electrons. The molecule has 1 aromatic rings. The fourth-order valence-electron chi connectivity index (χ4n) is 0.848. The van der Waals surface area contributed by atoms with Gasteiger partial charge >= 0.3 is 0 Å². The van der Waals surface area contributed by atoms with Gasteiger partial charge in [-0.15, -0.1) is 5.92 Å². The summed E-state index contributed by atoms with van der Waals surface area (Å²) in [4.78, 5) is 10.4. The standard InChI is InChI=1S/C10H8O.C2H6/c1-2-5-9-6-3-4-7-10(9)8-11;1-2/h3-4,6-8H,1H3;1-2H3. The zero-order chi connectivity index (χ0) is 10.1. The summed E-state index contributed by atoms with van der Waals surface area (Å²) in [6.45, 7) is 5.75. The van der Waals surface area contributed by atoms with Crippen molar-refractivity contribution in [2.24, 2.45) is 0 Å². The lowest BCUT2D eigenvalue weighted by Crippen LogP contribution is -1.84. The zero-order valence-corrected chi connectivity index (χ0v) is 8.29. The van der Waals surface area contributed by atoms with Gasteiger partial charge in [0.25, 0.3) is 0 Å². The number of carbonyl (C=O) groups excluding carboxylic acids is 1. The Hall–Kier alpha value is -1.55. The van der Waals surface area contributed by atoms with E-state index in [0.29, 0.717) is 5.56 Å². The van der Waals surface area contributed by atoms with Crippen LogP contribution in [0.5, 0.6) is 0 Å². The number of aldehydes is 1. The van der Waals surface area contributed by atoms with Gasteiger partial charge in [0.15, 0.2) is 6.29 Å². The molecule has 0 unspecified atom stereocenters. The molecule has 0 aliphatic carbocycles. The van der Waals surface area contributed by atoms with Crippen molar-refractivity contribution >= 4 is 6.29 Å². The minimum Gasteiger partial charge on any atom is -0.298 e. The average molecular weight is 174 g/mol. The molecule has 1 rings (SSSR count). The Morgan fingerprint density at radius 1 is 1.23 bits per heavy atom. The first-order valence-electron chi connectivity index (χ1n) is 4.35. The van der Waals surface area contributed by atoms with Crippen molar-refractivity contribution in [3.8, 4) is 11.8 Å². The summed E-state index contributed by atoms with van der Waals surface area (Å²) in [5.41, 5.74) is 1.45. The molecule has 68 valence electrons. The van der Waals surface area contributed by atoms with Crippen molar-refractivity contribution in [2.45, 2.75) is 20.8 Å². The average Bonchev–Trinajstić information content (AvgIpc) is 2.22. The molecular formula is C12H14O. The molecule has 13 heavy (non-hydrogen) atoms. The van der Waals surface area contributed by atoms with E-state index in [1.54, 1.807) is 13.0 Å². The molecule has 0 amide bonds. The fourth-order valence-corrected chi connectivity index (χ4v) is 0.848. The highest BCUT2D eigenvalue weighted by Gasteiger charge is 1.93. The van der Waals surface area contributed by atoms with E-state index in [9.17, 15) is 4.79 Å². The van der Waals surface area contributed by atoms with Crippen LogP contribution in [0, 0.1) is 11.8 Å². The Morgan fingerprint density at radius 3 is 2.38 bits per heavy atom. The second kappa shape index (κ2) is 7.12. The van der Waals surface area contributed by atoms with Crippen molar-refractivity contribution in [1.82, 2.24) is 0 Å². The molecule has 0 spiro atoms. The van der Waals surface area contributed by atoms with Crippen molar-refractivity contribution < 1.29 is 4.79 Å². The highest BCUT2D eigenvalue weighted by Crippen LogP contribution is 2.03. The van der Waals surface area contributed by atoms with Crippen molar-refractivity contribution in [3.63, 3.8) is 0 Å². The van der Waals surface area contributed by atoms with Gasteiger partial charge in [0.1, 0.15) is 0 Å². The van der Waals surface area contributed by atoms with Crippen LogP contribution in [0.4, 0.5) is 0 Å². The second-order valence-corrected chi connectivity index (χ2v) is 2.08. The third kappa shape index (κ3) is 3.57. The number of carbonyl (C=O) groups is 1. The maximum Gasteiger partial charge on any atom is 0.151 e. The Bertz CT molecular complexity index is 315. The van der Waals surface area contributed by atoms with E-state index in [0.717, 1.165) is 11.8 Å². The molecule has 1 aromatic carbocycles. The smallest absolute Gasteiger partial charge is 0.151 e. The maximum absolute atomic E-state index is 10.4.